The Kier molecular flexibility index (Phi) is 5.98. The number of carbonyl (C=O) groups excluding carboxylic acids is 2. The van der Waals surface area contributed by atoms with Gasteiger partial charge in [0.2, 0.25) is 23.5 Å². The van der Waals surface area contributed by atoms with Crippen LogP contribution in [0, 0.1) is 6.92 Å². The molecule has 32 heavy (non-hydrogen) atoms. The Bertz CT molecular complexity index is 1260. The van der Waals surface area contributed by atoms with Crippen LogP contribution in [-0.2, 0) is 26.2 Å². The van der Waals surface area contributed by atoms with Gasteiger partial charge in [-0.1, -0.05) is 34.5 Å². The van der Waals surface area contributed by atoms with Crippen LogP contribution >= 0.6 is 11.6 Å². The molecule has 0 radical (unpaired) electrons. The van der Waals surface area contributed by atoms with Gasteiger partial charge in [0.05, 0.1) is 11.4 Å². The third-order valence-corrected chi connectivity index (χ3v) is 7.12. The summed E-state index contributed by atoms with van der Waals surface area (Å²) in [6.45, 7) is 1.71. The van der Waals surface area contributed by atoms with Gasteiger partial charge in [0.15, 0.2) is 0 Å². The standard InChI is InChI=1S/C21H19ClN4O5S/c1-13-2-8-16(9-3-13)32(29,30)26-17(10-11-19(26)27)21(28)23-12-18-24-20(25-31-18)14-4-6-15(22)7-5-14/h2-9,17H,10-12H2,1H3,(H,23,28). The average molecular weight is 475 g/mol. The number of nitrogens with one attached hydrogen (secondary N) is 1. The van der Waals surface area contributed by atoms with Gasteiger partial charge in [-0.3, -0.25) is 9.59 Å². The lowest BCUT2D eigenvalue weighted by atomic mass is 10.2. The zero-order valence-electron chi connectivity index (χ0n) is 17.0. The van der Waals surface area contributed by atoms with E-state index in [-0.39, 0.29) is 30.2 Å². The lowest BCUT2D eigenvalue weighted by Crippen LogP contribution is -2.47. The molecule has 2 heterocycles. The number of rotatable bonds is 6. The number of amides is 2. The molecule has 1 atom stereocenters. The molecular weight excluding hydrogens is 456 g/mol. The summed E-state index contributed by atoms with van der Waals surface area (Å²) in [6, 6.07) is 11.8. The number of nitrogens with zero attached hydrogens (tertiary/aromatic N) is 3. The Balaban J connectivity index is 1.46. The quantitative estimate of drug-likeness (QED) is 0.582. The zero-order chi connectivity index (χ0) is 22.9. The Hall–Kier alpha value is -3.24. The second kappa shape index (κ2) is 8.71. The highest BCUT2D eigenvalue weighted by atomic mass is 35.5. The maximum atomic E-state index is 13.0. The van der Waals surface area contributed by atoms with Gasteiger partial charge >= 0.3 is 0 Å². The van der Waals surface area contributed by atoms with Crippen molar-refractivity contribution in [2.45, 2.75) is 37.2 Å². The first-order valence-electron chi connectivity index (χ1n) is 9.76. The molecule has 2 aromatic carbocycles. The SMILES string of the molecule is Cc1ccc(S(=O)(=O)N2C(=O)CCC2C(=O)NCc2nc(-c3ccc(Cl)cc3)no2)cc1. The van der Waals surface area contributed by atoms with Crippen LogP contribution < -0.4 is 5.32 Å². The van der Waals surface area contributed by atoms with E-state index in [1.54, 1.807) is 36.4 Å². The molecule has 1 aliphatic heterocycles. The molecule has 1 saturated heterocycles. The number of hydrogen-bond acceptors (Lipinski definition) is 7. The summed E-state index contributed by atoms with van der Waals surface area (Å²) in [4.78, 5) is 29.3. The summed E-state index contributed by atoms with van der Waals surface area (Å²) in [5, 5.41) is 7.02. The number of benzene rings is 2. The van der Waals surface area contributed by atoms with E-state index in [2.05, 4.69) is 15.5 Å². The van der Waals surface area contributed by atoms with Crippen molar-refractivity contribution in [3.05, 3.63) is 65.0 Å². The monoisotopic (exact) mass is 474 g/mol. The van der Waals surface area contributed by atoms with Crippen LogP contribution in [0.2, 0.25) is 5.02 Å². The van der Waals surface area contributed by atoms with Gasteiger partial charge in [-0.25, -0.2) is 12.7 Å². The fourth-order valence-electron chi connectivity index (χ4n) is 3.35. The molecule has 1 aliphatic rings. The normalized spacial score (nSPS) is 16.4. The Morgan fingerprint density at radius 3 is 2.56 bits per heavy atom. The number of halogens is 1. The van der Waals surface area contributed by atoms with Gasteiger partial charge in [0, 0.05) is 17.0 Å². The Labute approximate surface area is 189 Å². The summed E-state index contributed by atoms with van der Waals surface area (Å²) in [5.41, 5.74) is 1.57. The molecule has 9 nitrogen and oxygen atoms in total. The second-order valence-electron chi connectivity index (χ2n) is 7.30. The largest absolute Gasteiger partial charge is 0.345 e. The van der Waals surface area contributed by atoms with Gasteiger partial charge in [-0.2, -0.15) is 4.98 Å². The van der Waals surface area contributed by atoms with Crippen molar-refractivity contribution in [2.75, 3.05) is 0 Å². The maximum Gasteiger partial charge on any atom is 0.267 e. The van der Waals surface area contributed by atoms with Crippen molar-refractivity contribution in [1.29, 1.82) is 0 Å². The third-order valence-electron chi connectivity index (χ3n) is 5.03. The first-order chi connectivity index (χ1) is 15.3. The minimum atomic E-state index is -4.16. The van der Waals surface area contributed by atoms with Crippen LogP contribution in [-0.4, -0.2) is 40.7 Å². The Morgan fingerprint density at radius 1 is 1.19 bits per heavy atom. The van der Waals surface area contributed by atoms with Crippen LogP contribution in [0.5, 0.6) is 0 Å². The second-order valence-corrected chi connectivity index (χ2v) is 9.55. The number of aryl methyl sites for hydroxylation is 1. The highest BCUT2D eigenvalue weighted by Crippen LogP contribution is 2.27. The van der Waals surface area contributed by atoms with E-state index in [0.717, 1.165) is 5.56 Å². The molecule has 3 aromatic rings. The number of hydrogen-bond donors (Lipinski definition) is 1. The van der Waals surface area contributed by atoms with Crippen LogP contribution in [0.3, 0.4) is 0 Å². The van der Waals surface area contributed by atoms with E-state index in [9.17, 15) is 18.0 Å². The van der Waals surface area contributed by atoms with Crippen LogP contribution in [0.15, 0.2) is 57.9 Å². The average Bonchev–Trinajstić information content (AvgIpc) is 3.40. The number of sulfonamides is 1. The highest BCUT2D eigenvalue weighted by Gasteiger charge is 2.44. The molecule has 2 amide bonds. The van der Waals surface area contributed by atoms with E-state index < -0.39 is 27.9 Å². The summed E-state index contributed by atoms with van der Waals surface area (Å²) < 4.78 is 31.8. The molecule has 166 valence electrons. The van der Waals surface area contributed by atoms with E-state index in [0.29, 0.717) is 20.7 Å². The van der Waals surface area contributed by atoms with E-state index in [1.165, 1.54) is 12.1 Å². The maximum absolute atomic E-state index is 13.0. The molecule has 11 heteroatoms. The summed E-state index contributed by atoms with van der Waals surface area (Å²) in [7, 11) is -4.16. The molecule has 0 bridgehead atoms. The Morgan fingerprint density at radius 2 is 1.88 bits per heavy atom. The highest BCUT2D eigenvalue weighted by molar-refractivity contribution is 7.89. The van der Waals surface area contributed by atoms with Crippen molar-refractivity contribution < 1.29 is 22.5 Å². The summed E-state index contributed by atoms with van der Waals surface area (Å²) >= 11 is 5.87. The molecule has 1 aromatic heterocycles. The van der Waals surface area contributed by atoms with Gasteiger partial charge < -0.3 is 9.84 Å². The summed E-state index contributed by atoms with van der Waals surface area (Å²) in [6.07, 6.45) is 0.0556. The molecular formula is C21H19ClN4O5S. The molecule has 4 rings (SSSR count). The minimum Gasteiger partial charge on any atom is -0.345 e. The van der Waals surface area contributed by atoms with Crippen molar-refractivity contribution in [1.82, 2.24) is 19.8 Å². The zero-order valence-corrected chi connectivity index (χ0v) is 18.6. The molecule has 1 fully saturated rings. The fraction of sp³-hybridized carbons (Fsp3) is 0.238. The van der Waals surface area contributed by atoms with Crippen LogP contribution in [0.1, 0.15) is 24.3 Å². The van der Waals surface area contributed by atoms with E-state index >= 15 is 0 Å². The topological polar surface area (TPSA) is 122 Å². The number of carbonyl (C=O) groups is 2. The van der Waals surface area contributed by atoms with Gasteiger partial charge in [-0.15, -0.1) is 0 Å². The van der Waals surface area contributed by atoms with E-state index in [4.69, 9.17) is 16.1 Å². The van der Waals surface area contributed by atoms with E-state index in [1.807, 2.05) is 6.92 Å². The van der Waals surface area contributed by atoms with Crippen molar-refractivity contribution in [3.63, 3.8) is 0 Å². The predicted molar refractivity (Wildman–Crippen MR) is 115 cm³/mol. The third kappa shape index (κ3) is 4.37. The summed E-state index contributed by atoms with van der Waals surface area (Å²) in [5.74, 6) is -0.766. The minimum absolute atomic E-state index is 0.0373. The molecule has 1 N–H and O–H groups in total. The van der Waals surface area contributed by atoms with Crippen LogP contribution in [0.4, 0.5) is 0 Å². The fourth-order valence-corrected chi connectivity index (χ4v) is 5.08. The smallest absolute Gasteiger partial charge is 0.267 e. The molecule has 0 saturated carbocycles. The van der Waals surface area contributed by atoms with Gasteiger partial charge in [-0.05, 0) is 49.7 Å². The van der Waals surface area contributed by atoms with Crippen LogP contribution in [0.25, 0.3) is 11.4 Å². The first-order valence-corrected chi connectivity index (χ1v) is 11.6. The van der Waals surface area contributed by atoms with Gasteiger partial charge in [0.1, 0.15) is 6.04 Å². The number of aromatic nitrogens is 2. The van der Waals surface area contributed by atoms with Crippen molar-refractivity contribution in [2.24, 2.45) is 0 Å². The lowest BCUT2D eigenvalue weighted by Gasteiger charge is -2.23. The predicted octanol–water partition coefficient (Wildman–Crippen LogP) is 2.69. The molecule has 0 spiro atoms. The lowest BCUT2D eigenvalue weighted by molar-refractivity contribution is -0.130. The first kappa shape index (κ1) is 22.0. The molecule has 0 aliphatic carbocycles. The van der Waals surface area contributed by atoms with Crippen molar-refractivity contribution in [3.8, 4) is 11.4 Å². The van der Waals surface area contributed by atoms with Gasteiger partial charge in [0.25, 0.3) is 10.0 Å². The molecule has 1 unspecified atom stereocenters. The van der Waals surface area contributed by atoms with Crippen molar-refractivity contribution >= 4 is 33.4 Å².